The third-order valence-corrected chi connectivity index (χ3v) is 4.06. The summed E-state index contributed by atoms with van der Waals surface area (Å²) in [5.74, 6) is -0.600. The molecule has 0 saturated heterocycles. The summed E-state index contributed by atoms with van der Waals surface area (Å²) in [4.78, 5) is 12.1. The van der Waals surface area contributed by atoms with Gasteiger partial charge in [0.1, 0.15) is 5.82 Å². The fraction of sp³-hybridized carbons (Fsp3) is 0.0714. The number of rotatable bonds is 2. The Labute approximate surface area is 132 Å². The molecule has 2 nitrogen and oxygen atoms in total. The van der Waals surface area contributed by atoms with Gasteiger partial charge in [0.25, 0.3) is 5.91 Å². The molecule has 0 aliphatic rings. The minimum Gasteiger partial charge on any atom is -0.321 e. The smallest absolute Gasteiger partial charge is 0.255 e. The Balaban J connectivity index is 2.28. The van der Waals surface area contributed by atoms with Crippen molar-refractivity contribution in [2.24, 2.45) is 0 Å². The molecule has 0 aliphatic heterocycles. The monoisotopic (exact) mass is 433 g/mol. The maximum absolute atomic E-state index is 13.4. The molecule has 2 rings (SSSR count). The highest BCUT2D eigenvalue weighted by Crippen LogP contribution is 2.22. The molecule has 0 spiro atoms. The van der Waals surface area contributed by atoms with Gasteiger partial charge in [0.2, 0.25) is 0 Å². The van der Waals surface area contributed by atoms with Crippen LogP contribution in [0.15, 0.2) is 40.9 Å². The largest absolute Gasteiger partial charge is 0.321 e. The predicted octanol–water partition coefficient (Wildman–Crippen LogP) is 4.75. The Kier molecular flexibility index (Phi) is 4.57. The first-order valence-corrected chi connectivity index (χ1v) is 7.37. The van der Waals surface area contributed by atoms with Crippen LogP contribution in [0.2, 0.25) is 0 Å². The molecular formula is C14H10BrFINO. The summed E-state index contributed by atoms with van der Waals surface area (Å²) in [5, 5.41) is 2.71. The maximum Gasteiger partial charge on any atom is 0.255 e. The minimum atomic E-state index is -0.344. The van der Waals surface area contributed by atoms with E-state index in [2.05, 4.69) is 21.2 Å². The molecule has 98 valence electrons. The van der Waals surface area contributed by atoms with Crippen LogP contribution in [-0.4, -0.2) is 5.91 Å². The molecular weight excluding hydrogens is 424 g/mol. The molecule has 2 aromatic carbocycles. The van der Waals surface area contributed by atoms with E-state index in [1.807, 2.05) is 35.6 Å². The minimum absolute atomic E-state index is 0.257. The van der Waals surface area contributed by atoms with Gasteiger partial charge in [0.05, 0.1) is 9.26 Å². The van der Waals surface area contributed by atoms with Crippen molar-refractivity contribution in [1.82, 2.24) is 0 Å². The summed E-state index contributed by atoms with van der Waals surface area (Å²) < 4.78 is 14.6. The Morgan fingerprint density at radius 3 is 2.74 bits per heavy atom. The molecule has 0 aliphatic carbocycles. The molecule has 2 aromatic rings. The molecule has 0 heterocycles. The second-order valence-electron chi connectivity index (χ2n) is 4.07. The Bertz CT molecular complexity index is 625. The highest BCUT2D eigenvalue weighted by atomic mass is 127. The van der Waals surface area contributed by atoms with Crippen molar-refractivity contribution in [2.75, 3.05) is 5.32 Å². The number of hydrogen-bond acceptors (Lipinski definition) is 1. The first-order chi connectivity index (χ1) is 8.97. The van der Waals surface area contributed by atoms with Crippen LogP contribution in [0, 0.1) is 16.3 Å². The van der Waals surface area contributed by atoms with Gasteiger partial charge in [-0.15, -0.1) is 0 Å². The lowest BCUT2D eigenvalue weighted by Gasteiger charge is -2.09. The van der Waals surface area contributed by atoms with Gasteiger partial charge in [-0.1, -0.05) is 22.0 Å². The van der Waals surface area contributed by atoms with Crippen molar-refractivity contribution in [2.45, 2.75) is 6.92 Å². The molecule has 0 radical (unpaired) electrons. The van der Waals surface area contributed by atoms with Crippen LogP contribution in [0.4, 0.5) is 10.1 Å². The van der Waals surface area contributed by atoms with E-state index < -0.39 is 0 Å². The lowest BCUT2D eigenvalue weighted by molar-refractivity contribution is 0.102. The van der Waals surface area contributed by atoms with Gasteiger partial charge in [-0.25, -0.2) is 4.39 Å². The Hall–Kier alpha value is -0.950. The average Bonchev–Trinajstić information content (AvgIpc) is 2.33. The lowest BCUT2D eigenvalue weighted by Crippen LogP contribution is -2.13. The van der Waals surface area contributed by atoms with Gasteiger partial charge >= 0.3 is 0 Å². The molecule has 19 heavy (non-hydrogen) atoms. The zero-order chi connectivity index (χ0) is 14.0. The standard InChI is InChI=1S/C14H10BrFINO/c1-8-5-9(7-10(15)6-8)14(19)18-12-4-2-3-11(16)13(12)17/h2-7H,1H3,(H,18,19). The van der Waals surface area contributed by atoms with Crippen LogP contribution in [-0.2, 0) is 0 Å². The van der Waals surface area contributed by atoms with Gasteiger partial charge < -0.3 is 5.32 Å². The lowest BCUT2D eigenvalue weighted by atomic mass is 10.1. The van der Waals surface area contributed by atoms with E-state index in [9.17, 15) is 9.18 Å². The van der Waals surface area contributed by atoms with Crippen LogP contribution in [0.3, 0.4) is 0 Å². The summed E-state index contributed by atoms with van der Waals surface area (Å²) in [6, 6.07) is 10.0. The van der Waals surface area contributed by atoms with Gasteiger partial charge in [-0.05, 0) is 65.4 Å². The van der Waals surface area contributed by atoms with E-state index in [4.69, 9.17) is 0 Å². The van der Waals surface area contributed by atoms with E-state index in [1.165, 1.54) is 6.07 Å². The van der Waals surface area contributed by atoms with Crippen LogP contribution in [0.5, 0.6) is 0 Å². The second-order valence-corrected chi connectivity index (χ2v) is 6.07. The average molecular weight is 434 g/mol. The number of carbonyl (C=O) groups excluding carboxylic acids is 1. The van der Waals surface area contributed by atoms with Crippen LogP contribution >= 0.6 is 38.5 Å². The SMILES string of the molecule is Cc1cc(Br)cc(C(=O)Nc2cccc(F)c2I)c1. The van der Waals surface area contributed by atoms with Crippen molar-refractivity contribution in [3.05, 3.63) is 61.4 Å². The summed E-state index contributed by atoms with van der Waals surface area (Å²) in [6.07, 6.45) is 0. The van der Waals surface area contributed by atoms with Crippen molar-refractivity contribution in [3.63, 3.8) is 0 Å². The summed E-state index contributed by atoms with van der Waals surface area (Å²) >= 11 is 5.22. The normalized spacial score (nSPS) is 10.3. The van der Waals surface area contributed by atoms with E-state index in [-0.39, 0.29) is 11.7 Å². The van der Waals surface area contributed by atoms with Gasteiger partial charge in [-0.2, -0.15) is 0 Å². The second kappa shape index (κ2) is 6.00. The fourth-order valence-electron chi connectivity index (χ4n) is 1.66. The third-order valence-electron chi connectivity index (χ3n) is 2.50. The number of carbonyl (C=O) groups is 1. The number of amides is 1. The zero-order valence-electron chi connectivity index (χ0n) is 10.0. The molecule has 5 heteroatoms. The fourth-order valence-corrected chi connectivity index (χ4v) is 2.76. The van der Waals surface area contributed by atoms with Crippen molar-refractivity contribution >= 4 is 50.1 Å². The van der Waals surface area contributed by atoms with E-state index >= 15 is 0 Å². The van der Waals surface area contributed by atoms with E-state index in [1.54, 1.807) is 24.3 Å². The number of nitrogens with one attached hydrogen (secondary N) is 1. The van der Waals surface area contributed by atoms with Gasteiger partial charge in [0.15, 0.2) is 0 Å². The topological polar surface area (TPSA) is 29.1 Å². The molecule has 0 aromatic heterocycles. The predicted molar refractivity (Wildman–Crippen MR) is 85.9 cm³/mol. The molecule has 0 saturated carbocycles. The van der Waals surface area contributed by atoms with Crippen molar-refractivity contribution in [3.8, 4) is 0 Å². The van der Waals surface area contributed by atoms with Crippen LogP contribution in [0.25, 0.3) is 0 Å². The maximum atomic E-state index is 13.4. The quantitative estimate of drug-likeness (QED) is 0.680. The summed E-state index contributed by atoms with van der Waals surface area (Å²) in [7, 11) is 0. The van der Waals surface area contributed by atoms with Crippen molar-refractivity contribution < 1.29 is 9.18 Å². The number of halogens is 3. The number of hydrogen-bond donors (Lipinski definition) is 1. The number of anilines is 1. The number of benzene rings is 2. The van der Waals surface area contributed by atoms with E-state index in [0.29, 0.717) is 14.8 Å². The van der Waals surface area contributed by atoms with Crippen LogP contribution in [0.1, 0.15) is 15.9 Å². The molecule has 0 atom stereocenters. The first-order valence-electron chi connectivity index (χ1n) is 5.50. The van der Waals surface area contributed by atoms with Crippen molar-refractivity contribution in [1.29, 1.82) is 0 Å². The van der Waals surface area contributed by atoms with Gasteiger partial charge in [0, 0.05) is 10.0 Å². The highest BCUT2D eigenvalue weighted by Gasteiger charge is 2.11. The first kappa shape index (κ1) is 14.5. The molecule has 0 bridgehead atoms. The Morgan fingerprint density at radius 2 is 2.05 bits per heavy atom. The third kappa shape index (κ3) is 3.54. The molecule has 0 fully saturated rings. The highest BCUT2D eigenvalue weighted by molar-refractivity contribution is 14.1. The summed E-state index contributed by atoms with van der Waals surface area (Å²) in [5.41, 5.74) is 1.99. The Morgan fingerprint density at radius 1 is 1.32 bits per heavy atom. The molecule has 1 amide bonds. The van der Waals surface area contributed by atoms with E-state index in [0.717, 1.165) is 10.0 Å². The molecule has 1 N–H and O–H groups in total. The molecule has 0 unspecified atom stereocenters. The zero-order valence-corrected chi connectivity index (χ0v) is 13.7. The summed E-state index contributed by atoms with van der Waals surface area (Å²) in [6.45, 7) is 1.91. The van der Waals surface area contributed by atoms with Gasteiger partial charge in [-0.3, -0.25) is 4.79 Å². The van der Waals surface area contributed by atoms with Crippen LogP contribution < -0.4 is 5.32 Å². The number of aryl methyl sites for hydroxylation is 1.